The van der Waals surface area contributed by atoms with Crippen molar-refractivity contribution in [3.05, 3.63) is 83.2 Å². The molecule has 0 fully saturated rings. The fourth-order valence-corrected chi connectivity index (χ4v) is 4.80. The van der Waals surface area contributed by atoms with Gasteiger partial charge < -0.3 is 19.4 Å². The van der Waals surface area contributed by atoms with Crippen molar-refractivity contribution in [3.63, 3.8) is 0 Å². The molecule has 5 rings (SSSR count). The molecule has 34 heavy (non-hydrogen) atoms. The maximum Gasteiger partial charge on any atom is 0.251 e. The van der Waals surface area contributed by atoms with Crippen molar-refractivity contribution in [3.8, 4) is 11.5 Å². The number of rotatable bonds is 6. The molecule has 0 unspecified atom stereocenters. The largest absolute Gasteiger partial charge is 0.486 e. The molecule has 0 saturated carbocycles. The molecule has 1 N–H and O–H groups in total. The van der Waals surface area contributed by atoms with Gasteiger partial charge in [-0.15, -0.1) is 0 Å². The van der Waals surface area contributed by atoms with E-state index in [-0.39, 0.29) is 17.8 Å². The fraction of sp³-hybridized carbons (Fsp3) is 0.231. The second-order valence-corrected chi connectivity index (χ2v) is 9.11. The maximum absolute atomic E-state index is 13.1. The third-order valence-corrected chi connectivity index (χ3v) is 6.90. The van der Waals surface area contributed by atoms with Gasteiger partial charge in [0, 0.05) is 18.4 Å². The highest BCUT2D eigenvalue weighted by Gasteiger charge is 2.18. The normalized spacial score (nSPS) is 13.6. The summed E-state index contributed by atoms with van der Waals surface area (Å²) in [6.07, 6.45) is 0. The standard InChI is InChI=1S/C26H24FN3O3S/c1-16(18-6-10-23-24(14-18)33-12-11-32-23)28-25(31)19-5-9-21-22(13-19)30(2)26(29-21)34-15-17-3-7-20(27)8-4-17/h3-10,13-14,16H,11-12,15H2,1-2H3,(H,28,31)/t16-/m1/s1. The molecule has 4 aromatic rings. The van der Waals surface area contributed by atoms with Crippen molar-refractivity contribution in [1.29, 1.82) is 0 Å². The van der Waals surface area contributed by atoms with Gasteiger partial charge in [-0.2, -0.15) is 0 Å². The summed E-state index contributed by atoms with van der Waals surface area (Å²) < 4.78 is 26.3. The van der Waals surface area contributed by atoms with Crippen molar-refractivity contribution in [2.24, 2.45) is 7.05 Å². The van der Waals surface area contributed by atoms with Gasteiger partial charge in [0.25, 0.3) is 5.91 Å². The molecule has 1 amide bonds. The Morgan fingerprint density at radius 3 is 2.65 bits per heavy atom. The first-order valence-electron chi connectivity index (χ1n) is 11.0. The Balaban J connectivity index is 1.30. The highest BCUT2D eigenvalue weighted by atomic mass is 32.2. The predicted molar refractivity (Wildman–Crippen MR) is 130 cm³/mol. The molecule has 2 heterocycles. The summed E-state index contributed by atoms with van der Waals surface area (Å²) in [5.41, 5.74) is 4.22. The number of benzene rings is 3. The van der Waals surface area contributed by atoms with Crippen molar-refractivity contribution in [2.45, 2.75) is 23.9 Å². The summed E-state index contributed by atoms with van der Waals surface area (Å²) in [5, 5.41) is 3.90. The van der Waals surface area contributed by atoms with Crippen LogP contribution in [0.15, 0.2) is 65.8 Å². The minimum absolute atomic E-state index is 0.161. The average molecular weight is 478 g/mol. The quantitative estimate of drug-likeness (QED) is 0.384. The van der Waals surface area contributed by atoms with E-state index >= 15 is 0 Å². The lowest BCUT2D eigenvalue weighted by molar-refractivity contribution is 0.0940. The summed E-state index contributed by atoms with van der Waals surface area (Å²) in [7, 11) is 1.93. The third kappa shape index (κ3) is 4.59. The number of ether oxygens (including phenoxy) is 2. The Morgan fingerprint density at radius 1 is 1.09 bits per heavy atom. The number of halogens is 1. The summed E-state index contributed by atoms with van der Waals surface area (Å²) >= 11 is 1.57. The van der Waals surface area contributed by atoms with Gasteiger partial charge >= 0.3 is 0 Å². The topological polar surface area (TPSA) is 65.4 Å². The van der Waals surface area contributed by atoms with Gasteiger partial charge in [-0.1, -0.05) is 30.0 Å². The van der Waals surface area contributed by atoms with Gasteiger partial charge in [0.1, 0.15) is 19.0 Å². The lowest BCUT2D eigenvalue weighted by Crippen LogP contribution is -2.26. The van der Waals surface area contributed by atoms with E-state index in [1.165, 1.54) is 12.1 Å². The van der Waals surface area contributed by atoms with Crippen molar-refractivity contribution in [2.75, 3.05) is 13.2 Å². The number of fused-ring (bicyclic) bond motifs is 2. The smallest absolute Gasteiger partial charge is 0.251 e. The number of carbonyl (C=O) groups is 1. The summed E-state index contributed by atoms with van der Waals surface area (Å²) in [4.78, 5) is 17.7. The van der Waals surface area contributed by atoms with E-state index in [1.54, 1.807) is 30.0 Å². The molecule has 3 aromatic carbocycles. The monoisotopic (exact) mass is 477 g/mol. The lowest BCUT2D eigenvalue weighted by atomic mass is 10.1. The highest BCUT2D eigenvalue weighted by Crippen LogP contribution is 2.33. The van der Waals surface area contributed by atoms with Crippen LogP contribution in [0.1, 0.15) is 34.5 Å². The first-order chi connectivity index (χ1) is 16.5. The first kappa shape index (κ1) is 22.3. The van der Waals surface area contributed by atoms with E-state index in [1.807, 2.05) is 48.9 Å². The Kier molecular flexibility index (Phi) is 6.15. The highest BCUT2D eigenvalue weighted by molar-refractivity contribution is 7.98. The summed E-state index contributed by atoms with van der Waals surface area (Å²) in [6, 6.07) is 17.5. The number of nitrogens with one attached hydrogen (secondary N) is 1. The molecule has 1 aliphatic heterocycles. The molecule has 1 aromatic heterocycles. The number of hydrogen-bond acceptors (Lipinski definition) is 5. The van der Waals surface area contributed by atoms with E-state index < -0.39 is 0 Å². The van der Waals surface area contributed by atoms with Crippen molar-refractivity contribution < 1.29 is 18.7 Å². The SMILES string of the molecule is C[C@@H](NC(=O)c1ccc2nc(SCc3ccc(F)cc3)n(C)c2c1)c1ccc2c(c1)OCCO2. The molecule has 1 atom stereocenters. The van der Waals surface area contributed by atoms with E-state index in [0.717, 1.165) is 33.1 Å². The minimum Gasteiger partial charge on any atom is -0.486 e. The number of imidazole rings is 1. The van der Waals surface area contributed by atoms with E-state index in [2.05, 4.69) is 10.3 Å². The molecule has 1 aliphatic rings. The Labute approximate surface area is 201 Å². The molecule has 0 radical (unpaired) electrons. The molecule has 6 nitrogen and oxygen atoms in total. The van der Waals surface area contributed by atoms with Gasteiger partial charge in [0.2, 0.25) is 0 Å². The van der Waals surface area contributed by atoms with Crippen LogP contribution in [-0.4, -0.2) is 28.7 Å². The molecule has 0 bridgehead atoms. The van der Waals surface area contributed by atoms with Crippen LogP contribution in [0.2, 0.25) is 0 Å². The molecule has 8 heteroatoms. The minimum atomic E-state index is -0.245. The first-order valence-corrected chi connectivity index (χ1v) is 12.0. The molecule has 0 spiro atoms. The molecule has 174 valence electrons. The number of aromatic nitrogens is 2. The van der Waals surface area contributed by atoms with Crippen LogP contribution in [-0.2, 0) is 12.8 Å². The number of aryl methyl sites for hydroxylation is 1. The van der Waals surface area contributed by atoms with Gasteiger partial charge in [-0.25, -0.2) is 9.37 Å². The summed E-state index contributed by atoms with van der Waals surface area (Å²) in [6.45, 7) is 3.00. The van der Waals surface area contributed by atoms with E-state index in [4.69, 9.17) is 9.47 Å². The van der Waals surface area contributed by atoms with Crippen LogP contribution in [0.5, 0.6) is 11.5 Å². The van der Waals surface area contributed by atoms with Crippen LogP contribution >= 0.6 is 11.8 Å². The number of nitrogens with zero attached hydrogens (tertiary/aromatic N) is 2. The van der Waals surface area contributed by atoms with E-state index in [9.17, 15) is 9.18 Å². The second kappa shape index (κ2) is 9.38. The molecular formula is C26H24FN3O3S. The van der Waals surface area contributed by atoms with Crippen LogP contribution < -0.4 is 14.8 Å². The van der Waals surface area contributed by atoms with Crippen LogP contribution in [0.25, 0.3) is 11.0 Å². The Bertz CT molecular complexity index is 1350. The van der Waals surface area contributed by atoms with Gasteiger partial charge in [-0.05, 0) is 60.5 Å². The zero-order chi connectivity index (χ0) is 23.7. The van der Waals surface area contributed by atoms with Crippen molar-refractivity contribution >= 4 is 28.7 Å². The third-order valence-electron chi connectivity index (χ3n) is 5.80. The number of amides is 1. The van der Waals surface area contributed by atoms with Crippen LogP contribution in [0.3, 0.4) is 0 Å². The number of thioether (sulfide) groups is 1. The van der Waals surface area contributed by atoms with Crippen LogP contribution in [0.4, 0.5) is 4.39 Å². The van der Waals surface area contributed by atoms with Gasteiger partial charge in [0.05, 0.1) is 17.1 Å². The van der Waals surface area contributed by atoms with E-state index in [0.29, 0.717) is 30.3 Å². The number of carbonyl (C=O) groups excluding carboxylic acids is 1. The molecule has 0 saturated heterocycles. The van der Waals surface area contributed by atoms with Gasteiger partial charge in [0.15, 0.2) is 16.7 Å². The van der Waals surface area contributed by atoms with Crippen molar-refractivity contribution in [1.82, 2.24) is 14.9 Å². The fourth-order valence-electron chi connectivity index (χ4n) is 3.86. The Morgan fingerprint density at radius 2 is 1.85 bits per heavy atom. The Hall–Kier alpha value is -3.52. The second-order valence-electron chi connectivity index (χ2n) is 8.17. The molecule has 0 aliphatic carbocycles. The van der Waals surface area contributed by atoms with Gasteiger partial charge in [-0.3, -0.25) is 4.79 Å². The lowest BCUT2D eigenvalue weighted by Gasteiger charge is -2.21. The zero-order valence-electron chi connectivity index (χ0n) is 18.9. The predicted octanol–water partition coefficient (Wildman–Crippen LogP) is 5.27. The summed E-state index contributed by atoms with van der Waals surface area (Å²) in [5.74, 6) is 1.70. The zero-order valence-corrected chi connectivity index (χ0v) is 19.7. The average Bonchev–Trinajstić information content (AvgIpc) is 3.18. The maximum atomic E-state index is 13.1. The number of hydrogen-bond donors (Lipinski definition) is 1. The van der Waals surface area contributed by atoms with Crippen LogP contribution in [0, 0.1) is 5.82 Å². The molecular weight excluding hydrogens is 453 g/mol.